The zero-order valence-electron chi connectivity index (χ0n) is 18.4. The van der Waals surface area contributed by atoms with E-state index in [-0.39, 0.29) is 5.91 Å². The lowest BCUT2D eigenvalue weighted by atomic mass is 10.0. The fourth-order valence-corrected chi connectivity index (χ4v) is 3.39. The third-order valence-electron chi connectivity index (χ3n) is 5.23. The molecule has 0 aliphatic carbocycles. The Bertz CT molecular complexity index is 891. The van der Waals surface area contributed by atoms with E-state index in [2.05, 4.69) is 46.5 Å². The third kappa shape index (κ3) is 7.70. The highest BCUT2D eigenvalue weighted by molar-refractivity contribution is 5.92. The second kappa shape index (κ2) is 11.5. The Balaban J connectivity index is 1.50. The van der Waals surface area contributed by atoms with Crippen molar-refractivity contribution in [3.05, 3.63) is 59.7 Å². The minimum Gasteiger partial charge on any atom is -0.379 e. The van der Waals surface area contributed by atoms with Crippen LogP contribution >= 0.6 is 0 Å². The number of carbonyl (C=O) groups excluding carboxylic acids is 1. The Labute approximate surface area is 184 Å². The van der Waals surface area contributed by atoms with E-state index in [4.69, 9.17) is 10.5 Å². The molecule has 0 unspecified atom stereocenters. The SMILES string of the molecule is CC(C)c1cccc(NC(N)=NCc2cccc(NC(=O)CCN3CCOCC3)c2)c1. The van der Waals surface area contributed by atoms with Crippen LogP contribution in [0.4, 0.5) is 11.4 Å². The highest BCUT2D eigenvalue weighted by Gasteiger charge is 2.12. The number of amides is 1. The number of rotatable bonds is 8. The molecule has 7 nitrogen and oxygen atoms in total. The van der Waals surface area contributed by atoms with Crippen molar-refractivity contribution in [2.75, 3.05) is 43.5 Å². The summed E-state index contributed by atoms with van der Waals surface area (Å²) in [6.07, 6.45) is 0.467. The van der Waals surface area contributed by atoms with E-state index in [1.165, 1.54) is 5.56 Å². The molecule has 31 heavy (non-hydrogen) atoms. The van der Waals surface area contributed by atoms with Crippen LogP contribution in [0.25, 0.3) is 0 Å². The van der Waals surface area contributed by atoms with Gasteiger partial charge in [-0.25, -0.2) is 4.99 Å². The predicted octanol–water partition coefficient (Wildman–Crippen LogP) is 3.40. The second-order valence-electron chi connectivity index (χ2n) is 8.06. The molecule has 1 aliphatic rings. The fraction of sp³-hybridized carbons (Fsp3) is 0.417. The number of morpholine rings is 1. The van der Waals surface area contributed by atoms with Crippen LogP contribution in [0.1, 0.15) is 37.3 Å². The Morgan fingerprint density at radius 1 is 1.10 bits per heavy atom. The monoisotopic (exact) mass is 423 g/mol. The number of guanidine groups is 1. The average Bonchev–Trinajstić information content (AvgIpc) is 2.77. The molecule has 166 valence electrons. The maximum Gasteiger partial charge on any atom is 0.225 e. The number of carbonyl (C=O) groups is 1. The van der Waals surface area contributed by atoms with Crippen LogP contribution in [-0.4, -0.2) is 49.6 Å². The van der Waals surface area contributed by atoms with Crippen molar-refractivity contribution < 1.29 is 9.53 Å². The average molecular weight is 424 g/mol. The second-order valence-corrected chi connectivity index (χ2v) is 8.06. The maximum absolute atomic E-state index is 12.3. The van der Waals surface area contributed by atoms with E-state index >= 15 is 0 Å². The van der Waals surface area contributed by atoms with Crippen molar-refractivity contribution in [3.8, 4) is 0 Å². The van der Waals surface area contributed by atoms with Crippen LogP contribution in [-0.2, 0) is 16.1 Å². The first-order valence-electron chi connectivity index (χ1n) is 10.9. The molecule has 0 saturated carbocycles. The summed E-state index contributed by atoms with van der Waals surface area (Å²) in [6, 6.07) is 15.9. The van der Waals surface area contributed by atoms with E-state index in [1.54, 1.807) is 0 Å². The van der Waals surface area contributed by atoms with Gasteiger partial charge in [0.1, 0.15) is 0 Å². The molecular formula is C24H33N5O2. The lowest BCUT2D eigenvalue weighted by Gasteiger charge is -2.26. The number of hydrogen-bond donors (Lipinski definition) is 3. The Kier molecular flexibility index (Phi) is 8.44. The standard InChI is InChI=1S/C24H33N5O2/c1-18(2)20-6-4-8-22(16-20)28-24(25)26-17-19-5-3-7-21(15-19)27-23(30)9-10-29-11-13-31-14-12-29/h3-8,15-16,18H,9-14,17H2,1-2H3,(H,27,30)(H3,25,26,28). The van der Waals surface area contributed by atoms with Gasteiger partial charge in [0.2, 0.25) is 5.91 Å². The summed E-state index contributed by atoms with van der Waals surface area (Å²) < 4.78 is 5.34. The summed E-state index contributed by atoms with van der Waals surface area (Å²) in [5.41, 5.74) is 9.99. The van der Waals surface area contributed by atoms with Crippen LogP contribution in [0.5, 0.6) is 0 Å². The number of benzene rings is 2. The third-order valence-corrected chi connectivity index (χ3v) is 5.23. The van der Waals surface area contributed by atoms with Gasteiger partial charge in [0, 0.05) is 37.4 Å². The largest absolute Gasteiger partial charge is 0.379 e. The molecule has 0 radical (unpaired) electrons. The number of nitrogens with two attached hydrogens (primary N) is 1. The number of aliphatic imine (C=N–C) groups is 1. The van der Waals surface area contributed by atoms with Crippen molar-refractivity contribution >= 4 is 23.2 Å². The first kappa shape index (κ1) is 22.8. The zero-order valence-corrected chi connectivity index (χ0v) is 18.4. The summed E-state index contributed by atoms with van der Waals surface area (Å²) in [5, 5.41) is 6.12. The number of nitrogens with one attached hydrogen (secondary N) is 2. The fourth-order valence-electron chi connectivity index (χ4n) is 3.39. The van der Waals surface area contributed by atoms with E-state index in [0.29, 0.717) is 24.8 Å². The molecule has 1 fully saturated rings. The van der Waals surface area contributed by atoms with Crippen LogP contribution in [0.15, 0.2) is 53.5 Å². The molecule has 1 heterocycles. The van der Waals surface area contributed by atoms with Gasteiger partial charge >= 0.3 is 0 Å². The molecule has 1 amide bonds. The number of hydrogen-bond acceptors (Lipinski definition) is 4. The first-order valence-corrected chi connectivity index (χ1v) is 10.9. The minimum atomic E-state index is 0.0124. The molecule has 7 heteroatoms. The van der Waals surface area contributed by atoms with Gasteiger partial charge < -0.3 is 21.1 Å². The van der Waals surface area contributed by atoms with Crippen LogP contribution < -0.4 is 16.4 Å². The highest BCUT2D eigenvalue weighted by atomic mass is 16.5. The molecule has 0 bridgehead atoms. The predicted molar refractivity (Wildman–Crippen MR) is 126 cm³/mol. The topological polar surface area (TPSA) is 92.0 Å². The van der Waals surface area contributed by atoms with Crippen molar-refractivity contribution in [2.24, 2.45) is 10.7 Å². The summed E-state index contributed by atoms with van der Waals surface area (Å²) in [5.74, 6) is 0.825. The quantitative estimate of drug-likeness (QED) is 0.447. The number of anilines is 2. The van der Waals surface area contributed by atoms with Gasteiger partial charge in [-0.2, -0.15) is 0 Å². The molecule has 3 rings (SSSR count). The lowest BCUT2D eigenvalue weighted by Crippen LogP contribution is -2.38. The molecule has 2 aromatic carbocycles. The summed E-state index contributed by atoms with van der Waals surface area (Å²) in [7, 11) is 0. The molecular weight excluding hydrogens is 390 g/mol. The molecule has 1 saturated heterocycles. The van der Waals surface area contributed by atoms with E-state index in [0.717, 1.165) is 49.8 Å². The maximum atomic E-state index is 12.3. The molecule has 2 aromatic rings. The Morgan fingerprint density at radius 3 is 2.55 bits per heavy atom. The first-order chi connectivity index (χ1) is 15.0. The van der Waals surface area contributed by atoms with Gasteiger partial charge in [0.15, 0.2) is 5.96 Å². The molecule has 1 aliphatic heterocycles. The van der Waals surface area contributed by atoms with Gasteiger partial charge in [-0.05, 0) is 41.3 Å². The Hall–Kier alpha value is -2.90. The lowest BCUT2D eigenvalue weighted by molar-refractivity contribution is -0.116. The molecule has 0 aromatic heterocycles. The van der Waals surface area contributed by atoms with Gasteiger partial charge in [-0.1, -0.05) is 38.1 Å². The van der Waals surface area contributed by atoms with Gasteiger partial charge in [0.05, 0.1) is 19.8 Å². The van der Waals surface area contributed by atoms with E-state index < -0.39 is 0 Å². The van der Waals surface area contributed by atoms with E-state index in [1.807, 2.05) is 36.4 Å². The van der Waals surface area contributed by atoms with Gasteiger partial charge in [0.25, 0.3) is 0 Å². The summed E-state index contributed by atoms with van der Waals surface area (Å²) >= 11 is 0. The van der Waals surface area contributed by atoms with Crippen molar-refractivity contribution in [2.45, 2.75) is 32.7 Å². The highest BCUT2D eigenvalue weighted by Crippen LogP contribution is 2.18. The minimum absolute atomic E-state index is 0.0124. The van der Waals surface area contributed by atoms with Gasteiger partial charge in [-0.3, -0.25) is 9.69 Å². The van der Waals surface area contributed by atoms with Gasteiger partial charge in [-0.15, -0.1) is 0 Å². The van der Waals surface area contributed by atoms with Crippen LogP contribution in [0, 0.1) is 0 Å². The van der Waals surface area contributed by atoms with Crippen molar-refractivity contribution in [3.63, 3.8) is 0 Å². The smallest absolute Gasteiger partial charge is 0.225 e. The van der Waals surface area contributed by atoms with Crippen molar-refractivity contribution in [1.82, 2.24) is 4.90 Å². The molecule has 4 N–H and O–H groups in total. The molecule has 0 atom stereocenters. The van der Waals surface area contributed by atoms with Crippen LogP contribution in [0.2, 0.25) is 0 Å². The van der Waals surface area contributed by atoms with Crippen LogP contribution in [0.3, 0.4) is 0 Å². The molecule has 0 spiro atoms. The number of nitrogens with zero attached hydrogens (tertiary/aromatic N) is 2. The van der Waals surface area contributed by atoms with E-state index in [9.17, 15) is 4.79 Å². The zero-order chi connectivity index (χ0) is 22.1. The van der Waals surface area contributed by atoms with Crippen molar-refractivity contribution in [1.29, 1.82) is 0 Å². The Morgan fingerprint density at radius 2 is 1.81 bits per heavy atom. The number of ether oxygens (including phenoxy) is 1. The normalized spacial score (nSPS) is 15.1. The summed E-state index contributed by atoms with van der Waals surface area (Å²) in [4.78, 5) is 19.0. The summed E-state index contributed by atoms with van der Waals surface area (Å²) in [6.45, 7) is 8.75.